The van der Waals surface area contributed by atoms with Crippen LogP contribution in [0.1, 0.15) is 18.4 Å². The van der Waals surface area contributed by atoms with Crippen LogP contribution in [0.15, 0.2) is 42.5 Å². The molecule has 0 aromatic heterocycles. The second-order valence-electron chi connectivity index (χ2n) is 3.47. The van der Waals surface area contributed by atoms with Crippen LogP contribution in [0.4, 0.5) is 0 Å². The van der Waals surface area contributed by atoms with E-state index in [4.69, 9.17) is 0 Å². The molecule has 2 aromatic rings. The van der Waals surface area contributed by atoms with Gasteiger partial charge in [-0.2, -0.15) is 0 Å². The summed E-state index contributed by atoms with van der Waals surface area (Å²) in [6.45, 7) is 6.19. The molecular formula is C13H13. The lowest BCUT2D eigenvalue weighted by Gasteiger charge is -2.08. The molecule has 0 amide bonds. The largest absolute Gasteiger partial charge is 0.0616 e. The maximum atomic E-state index is 4.06. The van der Waals surface area contributed by atoms with Crippen molar-refractivity contribution in [3.63, 3.8) is 0 Å². The molecule has 0 aliphatic carbocycles. The highest BCUT2D eigenvalue weighted by atomic mass is 14.1. The highest BCUT2D eigenvalue weighted by Crippen LogP contribution is 2.24. The molecule has 0 fully saturated rings. The van der Waals surface area contributed by atoms with E-state index >= 15 is 0 Å². The van der Waals surface area contributed by atoms with Crippen LogP contribution in [-0.2, 0) is 0 Å². The van der Waals surface area contributed by atoms with Crippen molar-refractivity contribution in [2.75, 3.05) is 0 Å². The fourth-order valence-electron chi connectivity index (χ4n) is 1.68. The highest BCUT2D eigenvalue weighted by molar-refractivity contribution is 5.86. The molecule has 65 valence electrons. The van der Waals surface area contributed by atoms with Crippen LogP contribution in [0.25, 0.3) is 10.8 Å². The van der Waals surface area contributed by atoms with Crippen molar-refractivity contribution in [1.29, 1.82) is 0 Å². The van der Waals surface area contributed by atoms with Gasteiger partial charge in [-0.15, -0.1) is 0 Å². The van der Waals surface area contributed by atoms with E-state index in [0.29, 0.717) is 5.92 Å². The van der Waals surface area contributed by atoms with E-state index in [9.17, 15) is 0 Å². The summed E-state index contributed by atoms with van der Waals surface area (Å²) in [5, 5.41) is 2.63. The average Bonchev–Trinajstić information content (AvgIpc) is 2.17. The van der Waals surface area contributed by atoms with Gasteiger partial charge >= 0.3 is 0 Å². The van der Waals surface area contributed by atoms with E-state index < -0.39 is 0 Å². The lowest BCUT2D eigenvalue weighted by Crippen LogP contribution is -1.88. The van der Waals surface area contributed by atoms with Crippen LogP contribution in [0.2, 0.25) is 0 Å². The topological polar surface area (TPSA) is 0 Å². The van der Waals surface area contributed by atoms with Crippen LogP contribution >= 0.6 is 0 Å². The summed E-state index contributed by atoms with van der Waals surface area (Å²) >= 11 is 0. The Morgan fingerprint density at radius 3 is 2.46 bits per heavy atom. The number of hydrogen-bond acceptors (Lipinski definition) is 0. The van der Waals surface area contributed by atoms with Gasteiger partial charge in [-0.3, -0.25) is 0 Å². The first-order valence-corrected chi connectivity index (χ1v) is 4.60. The quantitative estimate of drug-likeness (QED) is 0.609. The van der Waals surface area contributed by atoms with Crippen LogP contribution in [0.3, 0.4) is 0 Å². The molecule has 1 unspecified atom stereocenters. The Balaban J connectivity index is 2.76. The number of benzene rings is 2. The van der Waals surface area contributed by atoms with E-state index in [2.05, 4.69) is 56.3 Å². The van der Waals surface area contributed by atoms with Gasteiger partial charge in [0.15, 0.2) is 0 Å². The summed E-state index contributed by atoms with van der Waals surface area (Å²) in [6, 6.07) is 14.8. The minimum absolute atomic E-state index is 0.353. The predicted molar refractivity (Wildman–Crippen MR) is 57.7 cm³/mol. The molecule has 0 spiro atoms. The second-order valence-corrected chi connectivity index (χ2v) is 3.47. The molecule has 0 heterocycles. The third kappa shape index (κ3) is 1.44. The van der Waals surface area contributed by atoms with Gasteiger partial charge in [-0.1, -0.05) is 49.4 Å². The standard InChI is InChI=1S/C13H13/c1-10(2)12-9-5-7-11-6-3-4-8-13(11)12/h3-10H,1H2,2H3. The number of rotatable bonds is 1. The fraction of sp³-hybridized carbons (Fsp3) is 0.154. The van der Waals surface area contributed by atoms with Crippen molar-refractivity contribution in [3.8, 4) is 0 Å². The molecule has 0 heteroatoms. The van der Waals surface area contributed by atoms with E-state index in [1.165, 1.54) is 16.3 Å². The van der Waals surface area contributed by atoms with Crippen molar-refractivity contribution >= 4 is 10.8 Å². The van der Waals surface area contributed by atoms with Crippen LogP contribution < -0.4 is 0 Å². The molecule has 0 bridgehead atoms. The van der Waals surface area contributed by atoms with Crippen LogP contribution in [-0.4, -0.2) is 0 Å². The van der Waals surface area contributed by atoms with Gasteiger partial charge in [0.2, 0.25) is 0 Å². The highest BCUT2D eigenvalue weighted by Gasteiger charge is 2.02. The summed E-state index contributed by atoms with van der Waals surface area (Å²) in [5.41, 5.74) is 1.33. The zero-order valence-corrected chi connectivity index (χ0v) is 7.83. The molecule has 2 rings (SSSR count). The second kappa shape index (κ2) is 3.21. The third-order valence-corrected chi connectivity index (χ3v) is 2.35. The summed E-state index contributed by atoms with van der Waals surface area (Å²) in [7, 11) is 0. The molecule has 13 heavy (non-hydrogen) atoms. The van der Waals surface area contributed by atoms with Gasteiger partial charge in [-0.25, -0.2) is 0 Å². The average molecular weight is 169 g/mol. The smallest absolute Gasteiger partial charge is 0.0149 e. The van der Waals surface area contributed by atoms with Crippen LogP contribution in [0, 0.1) is 6.92 Å². The number of hydrogen-bond donors (Lipinski definition) is 0. The Morgan fingerprint density at radius 2 is 1.69 bits per heavy atom. The first-order chi connectivity index (χ1) is 6.29. The first-order valence-electron chi connectivity index (χ1n) is 4.60. The number of fused-ring (bicyclic) bond motifs is 1. The van der Waals surface area contributed by atoms with E-state index in [1.807, 2.05) is 0 Å². The van der Waals surface area contributed by atoms with E-state index in [1.54, 1.807) is 0 Å². The van der Waals surface area contributed by atoms with Crippen molar-refractivity contribution in [2.24, 2.45) is 0 Å². The molecule has 0 aliphatic heterocycles. The van der Waals surface area contributed by atoms with Gasteiger partial charge in [0, 0.05) is 0 Å². The van der Waals surface area contributed by atoms with Crippen molar-refractivity contribution < 1.29 is 0 Å². The van der Waals surface area contributed by atoms with Gasteiger partial charge < -0.3 is 0 Å². The Bertz CT molecular complexity index is 408. The zero-order valence-electron chi connectivity index (χ0n) is 7.83. The molecule has 0 saturated heterocycles. The zero-order chi connectivity index (χ0) is 9.26. The van der Waals surface area contributed by atoms with E-state index in [-0.39, 0.29) is 0 Å². The van der Waals surface area contributed by atoms with E-state index in [0.717, 1.165) is 0 Å². The lowest BCUT2D eigenvalue weighted by atomic mass is 9.96. The molecular weight excluding hydrogens is 156 g/mol. The van der Waals surface area contributed by atoms with Gasteiger partial charge in [0.25, 0.3) is 0 Å². The maximum Gasteiger partial charge on any atom is -0.0149 e. The first kappa shape index (κ1) is 8.31. The van der Waals surface area contributed by atoms with Crippen LogP contribution in [0.5, 0.6) is 0 Å². The van der Waals surface area contributed by atoms with Crippen molar-refractivity contribution in [2.45, 2.75) is 12.8 Å². The normalized spacial score (nSPS) is 11.0. The molecule has 1 radical (unpaired) electrons. The van der Waals surface area contributed by atoms with Gasteiger partial charge in [0.1, 0.15) is 0 Å². The maximum absolute atomic E-state index is 4.06. The monoisotopic (exact) mass is 169 g/mol. The summed E-state index contributed by atoms with van der Waals surface area (Å²) in [5.74, 6) is 0.353. The predicted octanol–water partition coefficient (Wildman–Crippen LogP) is 3.78. The van der Waals surface area contributed by atoms with Gasteiger partial charge in [-0.05, 0) is 29.2 Å². The Labute approximate surface area is 79.2 Å². The molecule has 0 N–H and O–H groups in total. The Hall–Kier alpha value is -1.30. The third-order valence-electron chi connectivity index (χ3n) is 2.35. The molecule has 2 aromatic carbocycles. The molecule has 0 saturated carbocycles. The molecule has 1 atom stereocenters. The minimum Gasteiger partial charge on any atom is -0.0616 e. The molecule has 0 nitrogen and oxygen atoms in total. The lowest BCUT2D eigenvalue weighted by molar-refractivity contribution is 0.977. The molecule has 0 aliphatic rings. The summed E-state index contributed by atoms with van der Waals surface area (Å²) in [6.07, 6.45) is 0. The summed E-state index contributed by atoms with van der Waals surface area (Å²) in [4.78, 5) is 0. The van der Waals surface area contributed by atoms with Crippen molar-refractivity contribution in [3.05, 3.63) is 55.0 Å². The van der Waals surface area contributed by atoms with Gasteiger partial charge in [0.05, 0.1) is 0 Å². The minimum atomic E-state index is 0.353. The SMILES string of the molecule is [CH2]C(C)c1cccc2ccccc12. The van der Waals surface area contributed by atoms with Crippen molar-refractivity contribution in [1.82, 2.24) is 0 Å². The fourth-order valence-corrected chi connectivity index (χ4v) is 1.68. The Kier molecular flexibility index (Phi) is 2.05. The Morgan fingerprint density at radius 1 is 1.00 bits per heavy atom. The summed E-state index contributed by atoms with van der Waals surface area (Å²) < 4.78 is 0.